The summed E-state index contributed by atoms with van der Waals surface area (Å²) in [6.45, 7) is -1.98. The Kier molecular flexibility index (Phi) is 4.54. The van der Waals surface area contributed by atoms with E-state index < -0.39 is 43.6 Å². The van der Waals surface area contributed by atoms with Gasteiger partial charge in [-0.2, -0.15) is 13.2 Å². The number of alkyl halides is 5. The van der Waals surface area contributed by atoms with Gasteiger partial charge in [-0.15, -0.1) is 0 Å². The number of carbonyl (C=O) groups is 1. The van der Waals surface area contributed by atoms with E-state index in [2.05, 4.69) is 20.4 Å². The molecule has 1 aliphatic heterocycles. The quantitative estimate of drug-likeness (QED) is 0.799. The number of thiazole rings is 1. The summed E-state index contributed by atoms with van der Waals surface area (Å²) in [5, 5.41) is 5.04. The first kappa shape index (κ1) is 17.8. The van der Waals surface area contributed by atoms with Gasteiger partial charge in [0, 0.05) is 6.42 Å². The van der Waals surface area contributed by atoms with Crippen molar-refractivity contribution in [1.29, 1.82) is 0 Å². The normalized spacial score (nSPS) is 20.0. The maximum absolute atomic E-state index is 13.1. The molecule has 1 aliphatic rings. The molecule has 136 valence electrons. The third-order valence-corrected chi connectivity index (χ3v) is 4.35. The molecular formula is C14H12F5N3O2S. The summed E-state index contributed by atoms with van der Waals surface area (Å²) >= 11 is 1.01. The molecule has 0 spiro atoms. The number of hydrogen-bond acceptors (Lipinski definition) is 5. The maximum atomic E-state index is 13.1. The predicted octanol–water partition coefficient (Wildman–Crippen LogP) is 3.17. The van der Waals surface area contributed by atoms with Crippen molar-refractivity contribution in [1.82, 2.24) is 10.3 Å². The first-order chi connectivity index (χ1) is 11.6. The number of nitrogens with zero attached hydrogens (tertiary/aromatic N) is 1. The number of anilines is 1. The minimum absolute atomic E-state index is 0.0171. The molecule has 2 aromatic rings. The Morgan fingerprint density at radius 2 is 2.20 bits per heavy atom. The first-order valence-electron chi connectivity index (χ1n) is 7.14. The highest BCUT2D eigenvalue weighted by molar-refractivity contribution is 7.22. The molecule has 0 bridgehead atoms. The van der Waals surface area contributed by atoms with Gasteiger partial charge < -0.3 is 10.1 Å². The fourth-order valence-electron chi connectivity index (χ4n) is 2.31. The lowest BCUT2D eigenvalue weighted by Gasteiger charge is -2.08. The number of fused-ring (bicyclic) bond motifs is 1. The van der Waals surface area contributed by atoms with Crippen LogP contribution in [0.25, 0.3) is 10.2 Å². The van der Waals surface area contributed by atoms with E-state index >= 15 is 0 Å². The number of rotatable bonds is 4. The van der Waals surface area contributed by atoms with Crippen molar-refractivity contribution in [3.63, 3.8) is 0 Å². The van der Waals surface area contributed by atoms with E-state index in [-0.39, 0.29) is 10.9 Å². The second-order valence-electron chi connectivity index (χ2n) is 5.54. The molecule has 1 unspecified atom stereocenters. The Balaban J connectivity index is 1.68. The lowest BCUT2D eigenvalue weighted by molar-refractivity contribution is -0.153. The highest BCUT2D eigenvalue weighted by atomic mass is 32.1. The zero-order valence-corrected chi connectivity index (χ0v) is 13.3. The Labute approximate surface area is 142 Å². The van der Waals surface area contributed by atoms with Crippen LogP contribution in [-0.4, -0.2) is 42.2 Å². The molecule has 0 aliphatic carbocycles. The largest absolute Gasteiger partial charge is 0.484 e. The Morgan fingerprint density at radius 1 is 1.44 bits per heavy atom. The summed E-state index contributed by atoms with van der Waals surface area (Å²) in [5.41, 5.74) is 0.448. The number of amides is 1. The smallest absolute Gasteiger partial charge is 0.422 e. The second-order valence-corrected chi connectivity index (χ2v) is 6.57. The van der Waals surface area contributed by atoms with Gasteiger partial charge >= 0.3 is 6.18 Å². The van der Waals surface area contributed by atoms with Crippen LogP contribution in [0, 0.1) is 0 Å². The van der Waals surface area contributed by atoms with Gasteiger partial charge in [0.1, 0.15) is 5.75 Å². The van der Waals surface area contributed by atoms with Crippen LogP contribution in [0.3, 0.4) is 0 Å². The van der Waals surface area contributed by atoms with E-state index in [0.29, 0.717) is 10.2 Å². The van der Waals surface area contributed by atoms with Crippen molar-refractivity contribution in [2.24, 2.45) is 0 Å². The Morgan fingerprint density at radius 3 is 2.84 bits per heavy atom. The third-order valence-electron chi connectivity index (χ3n) is 3.42. The van der Waals surface area contributed by atoms with E-state index in [4.69, 9.17) is 0 Å². The molecule has 2 N–H and O–H groups in total. The lowest BCUT2D eigenvalue weighted by atomic mass is 10.2. The summed E-state index contributed by atoms with van der Waals surface area (Å²) in [6.07, 6.45) is -5.04. The van der Waals surface area contributed by atoms with Gasteiger partial charge in [0.05, 0.1) is 22.8 Å². The van der Waals surface area contributed by atoms with Gasteiger partial charge in [-0.25, -0.2) is 13.8 Å². The number of nitrogens with one attached hydrogen (secondary N) is 2. The maximum Gasteiger partial charge on any atom is 0.422 e. The summed E-state index contributed by atoms with van der Waals surface area (Å²) in [7, 11) is 0. The Bertz CT molecular complexity index is 792. The summed E-state index contributed by atoms with van der Waals surface area (Å²) < 4.78 is 67.9. The summed E-state index contributed by atoms with van der Waals surface area (Å²) in [5.74, 6) is -3.55. The standard InChI is InChI=1S/C14H12F5N3O2S/c15-13(16)4-9(20-5-13)11(23)22-12-21-8-2-1-7(3-10(8)25-12)24-6-14(17,18)19/h1-3,9,20H,4-6H2,(H,21,22,23). The second kappa shape index (κ2) is 6.37. The number of ether oxygens (including phenoxy) is 1. The SMILES string of the molecule is O=C(Nc1nc2ccc(OCC(F)(F)F)cc2s1)C1CC(F)(F)CN1. The van der Waals surface area contributed by atoms with Crippen LogP contribution in [-0.2, 0) is 4.79 Å². The summed E-state index contributed by atoms with van der Waals surface area (Å²) in [4.78, 5) is 16.1. The van der Waals surface area contributed by atoms with Crippen LogP contribution in [0.1, 0.15) is 6.42 Å². The minimum Gasteiger partial charge on any atom is -0.484 e. The highest BCUT2D eigenvalue weighted by Crippen LogP contribution is 2.31. The van der Waals surface area contributed by atoms with Crippen LogP contribution in [0.15, 0.2) is 18.2 Å². The van der Waals surface area contributed by atoms with Crippen molar-refractivity contribution in [3.8, 4) is 5.75 Å². The monoisotopic (exact) mass is 381 g/mol. The van der Waals surface area contributed by atoms with E-state index in [0.717, 1.165) is 11.3 Å². The van der Waals surface area contributed by atoms with Gasteiger partial charge in [0.2, 0.25) is 5.91 Å². The molecule has 1 atom stereocenters. The molecule has 0 radical (unpaired) electrons. The fraction of sp³-hybridized carbons (Fsp3) is 0.429. The zero-order valence-electron chi connectivity index (χ0n) is 12.5. The lowest BCUT2D eigenvalue weighted by Crippen LogP contribution is -2.35. The molecule has 1 aromatic carbocycles. The molecular weight excluding hydrogens is 369 g/mol. The first-order valence-corrected chi connectivity index (χ1v) is 7.95. The molecule has 5 nitrogen and oxygen atoms in total. The average Bonchev–Trinajstić information content (AvgIpc) is 3.06. The summed E-state index contributed by atoms with van der Waals surface area (Å²) in [6, 6.07) is 3.14. The number of halogens is 5. The molecule has 3 rings (SSSR count). The molecule has 25 heavy (non-hydrogen) atoms. The van der Waals surface area contributed by atoms with Crippen molar-refractivity contribution in [3.05, 3.63) is 18.2 Å². The van der Waals surface area contributed by atoms with E-state index in [1.54, 1.807) is 0 Å². The number of benzene rings is 1. The molecule has 2 heterocycles. The van der Waals surface area contributed by atoms with Crippen LogP contribution in [0.4, 0.5) is 27.1 Å². The van der Waals surface area contributed by atoms with Crippen molar-refractivity contribution < 1.29 is 31.5 Å². The van der Waals surface area contributed by atoms with Crippen molar-refractivity contribution in [2.45, 2.75) is 24.6 Å². The number of aromatic nitrogens is 1. The highest BCUT2D eigenvalue weighted by Gasteiger charge is 2.42. The fourth-order valence-corrected chi connectivity index (χ4v) is 3.20. The van der Waals surface area contributed by atoms with Crippen LogP contribution >= 0.6 is 11.3 Å². The topological polar surface area (TPSA) is 63.2 Å². The number of hydrogen-bond donors (Lipinski definition) is 2. The van der Waals surface area contributed by atoms with Crippen LogP contribution < -0.4 is 15.4 Å². The van der Waals surface area contributed by atoms with Gasteiger partial charge in [-0.1, -0.05) is 11.3 Å². The minimum atomic E-state index is -4.45. The predicted molar refractivity (Wildman–Crippen MR) is 81.2 cm³/mol. The van der Waals surface area contributed by atoms with E-state index in [9.17, 15) is 26.7 Å². The van der Waals surface area contributed by atoms with E-state index in [1.165, 1.54) is 18.2 Å². The molecule has 1 amide bonds. The van der Waals surface area contributed by atoms with Gasteiger partial charge in [0.25, 0.3) is 5.92 Å². The van der Waals surface area contributed by atoms with E-state index in [1.807, 2.05) is 0 Å². The van der Waals surface area contributed by atoms with Crippen LogP contribution in [0.5, 0.6) is 5.75 Å². The van der Waals surface area contributed by atoms with Crippen molar-refractivity contribution in [2.75, 3.05) is 18.5 Å². The Hall–Kier alpha value is -2.01. The molecule has 0 saturated carbocycles. The molecule has 1 aromatic heterocycles. The molecule has 11 heteroatoms. The zero-order chi connectivity index (χ0) is 18.2. The number of carbonyl (C=O) groups excluding carboxylic acids is 1. The van der Waals surface area contributed by atoms with Gasteiger partial charge in [0.15, 0.2) is 11.7 Å². The van der Waals surface area contributed by atoms with Crippen LogP contribution in [0.2, 0.25) is 0 Å². The van der Waals surface area contributed by atoms with Crippen molar-refractivity contribution >= 4 is 32.6 Å². The molecule has 1 saturated heterocycles. The molecule has 1 fully saturated rings. The average molecular weight is 381 g/mol. The van der Waals surface area contributed by atoms with Gasteiger partial charge in [-0.3, -0.25) is 10.1 Å². The van der Waals surface area contributed by atoms with Gasteiger partial charge in [-0.05, 0) is 18.2 Å². The third kappa shape index (κ3) is 4.54.